The molecule has 0 fully saturated rings. The molecule has 1 rings (SSSR count). The number of hydrogen-bond acceptors (Lipinski definition) is 3. The molecule has 0 aliphatic heterocycles. The summed E-state index contributed by atoms with van der Waals surface area (Å²) >= 11 is 3.12. The quantitative estimate of drug-likeness (QED) is 0.798. The average Bonchev–Trinajstić information content (AvgIpc) is 2.63. The highest BCUT2D eigenvalue weighted by Gasteiger charge is 2.18. The van der Waals surface area contributed by atoms with Crippen molar-refractivity contribution >= 4 is 15.9 Å². The Bertz CT molecular complexity index is 301. The summed E-state index contributed by atoms with van der Waals surface area (Å²) in [4.78, 5) is 0. The molecule has 0 amide bonds. The first kappa shape index (κ1) is 12.7. The van der Waals surface area contributed by atoms with Crippen LogP contribution in [-0.2, 0) is 6.54 Å². The van der Waals surface area contributed by atoms with E-state index in [0.717, 1.165) is 6.54 Å². The highest BCUT2D eigenvalue weighted by molar-refractivity contribution is 9.09. The van der Waals surface area contributed by atoms with Crippen LogP contribution >= 0.6 is 15.9 Å². The number of hydrogen-bond donors (Lipinski definition) is 2. The molecule has 86 valence electrons. The standard InChI is InChI=1S/C10H17BrN2O2/c1-7(2)5-13-6-8(4-12-13)10(15)9(14)3-11/h4,6-7,9-10,14-15H,3,5H2,1-2H3. The Hall–Kier alpha value is -0.390. The van der Waals surface area contributed by atoms with Crippen molar-refractivity contribution in [1.29, 1.82) is 0 Å². The van der Waals surface area contributed by atoms with Crippen molar-refractivity contribution in [1.82, 2.24) is 9.78 Å². The number of alkyl halides is 1. The summed E-state index contributed by atoms with van der Waals surface area (Å²) in [5.74, 6) is 0.510. The molecule has 0 saturated heterocycles. The van der Waals surface area contributed by atoms with Crippen LogP contribution in [0.1, 0.15) is 25.5 Å². The van der Waals surface area contributed by atoms with Gasteiger partial charge in [-0.15, -0.1) is 0 Å². The van der Waals surface area contributed by atoms with Gasteiger partial charge in [-0.1, -0.05) is 29.8 Å². The molecule has 0 aliphatic carbocycles. The van der Waals surface area contributed by atoms with Crippen LogP contribution in [0, 0.1) is 5.92 Å². The molecule has 1 aromatic rings. The molecule has 0 aromatic carbocycles. The Morgan fingerprint density at radius 3 is 2.67 bits per heavy atom. The fourth-order valence-corrected chi connectivity index (χ4v) is 1.67. The molecular weight excluding hydrogens is 260 g/mol. The minimum atomic E-state index is -0.870. The van der Waals surface area contributed by atoms with Crippen LogP contribution < -0.4 is 0 Å². The Labute approximate surface area is 98.0 Å². The van der Waals surface area contributed by atoms with Gasteiger partial charge in [-0.25, -0.2) is 0 Å². The van der Waals surface area contributed by atoms with E-state index in [1.54, 1.807) is 17.1 Å². The molecule has 2 unspecified atom stereocenters. The second-order valence-corrected chi connectivity index (χ2v) is 4.70. The minimum absolute atomic E-state index is 0.351. The van der Waals surface area contributed by atoms with Crippen LogP contribution in [-0.4, -0.2) is 31.4 Å². The first-order valence-corrected chi connectivity index (χ1v) is 6.11. The van der Waals surface area contributed by atoms with Gasteiger partial charge in [-0.2, -0.15) is 5.10 Å². The summed E-state index contributed by atoms with van der Waals surface area (Å²) < 4.78 is 1.78. The Kier molecular flexibility index (Phi) is 4.76. The summed E-state index contributed by atoms with van der Waals surface area (Å²) in [7, 11) is 0. The molecule has 0 aliphatic rings. The Morgan fingerprint density at radius 1 is 1.47 bits per heavy atom. The number of aliphatic hydroxyl groups is 2. The third-order valence-electron chi connectivity index (χ3n) is 2.07. The van der Waals surface area contributed by atoms with Crippen LogP contribution in [0.5, 0.6) is 0 Å². The minimum Gasteiger partial charge on any atom is -0.389 e. The third kappa shape index (κ3) is 3.59. The largest absolute Gasteiger partial charge is 0.389 e. The smallest absolute Gasteiger partial charge is 0.109 e. The van der Waals surface area contributed by atoms with Crippen LogP contribution in [0.2, 0.25) is 0 Å². The van der Waals surface area contributed by atoms with E-state index in [1.807, 2.05) is 0 Å². The molecule has 0 saturated carbocycles. The van der Waals surface area contributed by atoms with Crippen molar-refractivity contribution in [2.75, 3.05) is 5.33 Å². The average molecular weight is 277 g/mol. The molecule has 5 heteroatoms. The van der Waals surface area contributed by atoms with Crippen molar-refractivity contribution in [3.05, 3.63) is 18.0 Å². The lowest BCUT2D eigenvalue weighted by molar-refractivity contribution is 0.0342. The highest BCUT2D eigenvalue weighted by atomic mass is 79.9. The SMILES string of the molecule is CC(C)Cn1cc(C(O)C(O)CBr)cn1. The molecule has 0 spiro atoms. The molecule has 2 atom stereocenters. The van der Waals surface area contributed by atoms with E-state index < -0.39 is 12.2 Å². The van der Waals surface area contributed by atoms with E-state index in [-0.39, 0.29) is 0 Å². The van der Waals surface area contributed by atoms with Crippen molar-refractivity contribution in [2.24, 2.45) is 5.92 Å². The van der Waals surface area contributed by atoms with Gasteiger partial charge in [-0.05, 0) is 5.92 Å². The van der Waals surface area contributed by atoms with Gasteiger partial charge in [0.25, 0.3) is 0 Å². The van der Waals surface area contributed by atoms with Gasteiger partial charge in [0, 0.05) is 23.6 Å². The zero-order valence-electron chi connectivity index (χ0n) is 8.97. The zero-order valence-corrected chi connectivity index (χ0v) is 10.6. The normalized spacial score (nSPS) is 15.6. The van der Waals surface area contributed by atoms with Crippen molar-refractivity contribution < 1.29 is 10.2 Å². The topological polar surface area (TPSA) is 58.3 Å². The molecule has 0 bridgehead atoms. The number of aromatic nitrogens is 2. The first-order valence-electron chi connectivity index (χ1n) is 4.99. The molecule has 15 heavy (non-hydrogen) atoms. The number of halogens is 1. The van der Waals surface area contributed by atoms with Gasteiger partial charge in [0.05, 0.1) is 12.3 Å². The summed E-state index contributed by atoms with van der Waals surface area (Å²) in [6.07, 6.45) is 1.71. The lowest BCUT2D eigenvalue weighted by Crippen LogP contribution is -2.19. The van der Waals surface area contributed by atoms with Gasteiger partial charge in [0.2, 0.25) is 0 Å². The summed E-state index contributed by atoms with van der Waals surface area (Å²) in [5, 5.41) is 23.6. The second kappa shape index (κ2) is 5.63. The summed E-state index contributed by atoms with van der Waals surface area (Å²) in [5.41, 5.74) is 0.655. The predicted molar refractivity (Wildman–Crippen MR) is 61.8 cm³/mol. The maximum Gasteiger partial charge on any atom is 0.109 e. The Morgan fingerprint density at radius 2 is 2.13 bits per heavy atom. The van der Waals surface area contributed by atoms with E-state index in [9.17, 15) is 10.2 Å². The van der Waals surface area contributed by atoms with Crippen LogP contribution in [0.4, 0.5) is 0 Å². The molecule has 1 aromatic heterocycles. The van der Waals surface area contributed by atoms with Gasteiger partial charge in [-0.3, -0.25) is 4.68 Å². The summed E-state index contributed by atoms with van der Waals surface area (Å²) in [6, 6.07) is 0. The molecule has 1 heterocycles. The predicted octanol–water partition coefficient (Wildman–Crippen LogP) is 1.33. The first-order chi connectivity index (χ1) is 7.04. The zero-order chi connectivity index (χ0) is 11.4. The monoisotopic (exact) mass is 276 g/mol. The van der Waals surface area contributed by atoms with Gasteiger partial charge >= 0.3 is 0 Å². The second-order valence-electron chi connectivity index (χ2n) is 4.06. The van der Waals surface area contributed by atoms with Gasteiger partial charge in [0.15, 0.2) is 0 Å². The van der Waals surface area contributed by atoms with E-state index in [2.05, 4.69) is 34.9 Å². The maximum atomic E-state index is 9.70. The van der Waals surface area contributed by atoms with E-state index in [1.165, 1.54) is 0 Å². The maximum absolute atomic E-state index is 9.70. The van der Waals surface area contributed by atoms with Crippen LogP contribution in [0.3, 0.4) is 0 Å². The van der Waals surface area contributed by atoms with E-state index >= 15 is 0 Å². The van der Waals surface area contributed by atoms with Crippen LogP contribution in [0.15, 0.2) is 12.4 Å². The van der Waals surface area contributed by atoms with Crippen molar-refractivity contribution in [2.45, 2.75) is 32.6 Å². The lowest BCUT2D eigenvalue weighted by Gasteiger charge is -2.13. The number of nitrogens with zero attached hydrogens (tertiary/aromatic N) is 2. The van der Waals surface area contributed by atoms with Crippen molar-refractivity contribution in [3.63, 3.8) is 0 Å². The molecular formula is C10H17BrN2O2. The highest BCUT2D eigenvalue weighted by Crippen LogP contribution is 2.17. The van der Waals surface area contributed by atoms with Gasteiger partial charge < -0.3 is 10.2 Å². The fourth-order valence-electron chi connectivity index (χ4n) is 1.31. The molecule has 4 nitrogen and oxygen atoms in total. The molecule has 0 radical (unpaired) electrons. The van der Waals surface area contributed by atoms with E-state index in [0.29, 0.717) is 16.8 Å². The van der Waals surface area contributed by atoms with Crippen molar-refractivity contribution in [3.8, 4) is 0 Å². The summed E-state index contributed by atoms with van der Waals surface area (Å²) in [6.45, 7) is 5.02. The van der Waals surface area contributed by atoms with E-state index in [4.69, 9.17) is 0 Å². The number of rotatable bonds is 5. The third-order valence-corrected chi connectivity index (χ3v) is 2.73. The molecule has 2 N–H and O–H groups in total. The fraction of sp³-hybridized carbons (Fsp3) is 0.700. The number of aliphatic hydroxyl groups excluding tert-OH is 2. The van der Waals surface area contributed by atoms with Crippen LogP contribution in [0.25, 0.3) is 0 Å². The lowest BCUT2D eigenvalue weighted by atomic mass is 10.1. The Balaban J connectivity index is 2.66. The van der Waals surface area contributed by atoms with Gasteiger partial charge in [0.1, 0.15) is 6.10 Å².